The Kier molecular flexibility index (Phi) is 6.35. The Bertz CT molecular complexity index is 1160. The van der Waals surface area contributed by atoms with Crippen LogP contribution >= 0.6 is 0 Å². The number of urea groups is 1. The van der Waals surface area contributed by atoms with Gasteiger partial charge in [-0.1, -0.05) is 42.5 Å². The molecule has 32 heavy (non-hydrogen) atoms. The molecule has 1 fully saturated rings. The van der Waals surface area contributed by atoms with Crippen molar-refractivity contribution >= 4 is 40.0 Å². The van der Waals surface area contributed by atoms with Gasteiger partial charge in [-0.05, 0) is 47.9 Å². The molecule has 0 aromatic heterocycles. The number of anilines is 2. The Labute approximate surface area is 186 Å². The second-order valence-electron chi connectivity index (χ2n) is 7.89. The highest BCUT2D eigenvalue weighted by atomic mass is 16.2. The van der Waals surface area contributed by atoms with Gasteiger partial charge >= 0.3 is 6.03 Å². The molecule has 7 heteroatoms. The van der Waals surface area contributed by atoms with Crippen LogP contribution in [0.25, 0.3) is 10.8 Å². The van der Waals surface area contributed by atoms with Crippen molar-refractivity contribution in [3.63, 3.8) is 0 Å². The van der Waals surface area contributed by atoms with Gasteiger partial charge in [0.25, 0.3) is 5.91 Å². The molecule has 1 saturated heterocycles. The number of fused-ring (bicyclic) bond motifs is 1. The molecule has 4 rings (SSSR count). The van der Waals surface area contributed by atoms with Crippen LogP contribution in [0, 0.1) is 5.92 Å². The van der Waals surface area contributed by atoms with E-state index in [2.05, 4.69) is 16.0 Å². The molecule has 1 aliphatic heterocycles. The maximum absolute atomic E-state index is 13.3. The first-order valence-corrected chi connectivity index (χ1v) is 10.7. The molecule has 3 aromatic carbocycles. The summed E-state index contributed by atoms with van der Waals surface area (Å²) < 4.78 is 0. The number of hydrogen-bond donors (Lipinski definition) is 3. The zero-order chi connectivity index (χ0) is 22.5. The lowest BCUT2D eigenvalue weighted by Gasteiger charge is -2.32. The molecule has 1 unspecified atom stereocenters. The number of nitrogens with one attached hydrogen (secondary N) is 3. The van der Waals surface area contributed by atoms with Crippen LogP contribution in [0.3, 0.4) is 0 Å². The number of likely N-dealkylation sites (tertiary alicyclic amines) is 1. The van der Waals surface area contributed by atoms with Gasteiger partial charge in [-0.25, -0.2) is 4.79 Å². The lowest BCUT2D eigenvalue weighted by atomic mass is 9.95. The number of piperidine rings is 1. The normalized spacial score (nSPS) is 15.8. The number of nitrogens with zero attached hydrogens (tertiary/aromatic N) is 1. The van der Waals surface area contributed by atoms with Crippen LogP contribution in [-0.4, -0.2) is 42.9 Å². The van der Waals surface area contributed by atoms with Gasteiger partial charge < -0.3 is 20.9 Å². The molecule has 0 aliphatic carbocycles. The van der Waals surface area contributed by atoms with Crippen molar-refractivity contribution in [2.75, 3.05) is 30.8 Å². The van der Waals surface area contributed by atoms with E-state index in [1.54, 1.807) is 29.2 Å². The SMILES string of the molecule is CNC(=O)Nc1cccc(NC(=O)C2CCCN(C(=O)c3cccc4ccccc34)C2)c1. The number of rotatable bonds is 4. The van der Waals surface area contributed by atoms with Crippen LogP contribution in [0.1, 0.15) is 23.2 Å². The van der Waals surface area contributed by atoms with E-state index in [0.29, 0.717) is 30.0 Å². The topological polar surface area (TPSA) is 90.5 Å². The van der Waals surface area contributed by atoms with E-state index in [4.69, 9.17) is 0 Å². The van der Waals surface area contributed by atoms with E-state index in [-0.39, 0.29) is 23.8 Å². The summed E-state index contributed by atoms with van der Waals surface area (Å²) in [6.07, 6.45) is 1.49. The minimum atomic E-state index is -0.330. The number of hydrogen-bond acceptors (Lipinski definition) is 3. The Morgan fingerprint density at radius 1 is 0.906 bits per heavy atom. The van der Waals surface area contributed by atoms with Gasteiger partial charge in [-0.2, -0.15) is 0 Å². The van der Waals surface area contributed by atoms with Crippen molar-refractivity contribution in [3.05, 3.63) is 72.3 Å². The number of amides is 4. The van der Waals surface area contributed by atoms with Gasteiger partial charge in [-0.3, -0.25) is 9.59 Å². The highest BCUT2D eigenvalue weighted by Gasteiger charge is 2.29. The molecule has 1 aliphatic rings. The summed E-state index contributed by atoms with van der Waals surface area (Å²) in [5, 5.41) is 10.0. The van der Waals surface area contributed by atoms with Gasteiger partial charge in [0.15, 0.2) is 0 Å². The first-order valence-electron chi connectivity index (χ1n) is 10.7. The quantitative estimate of drug-likeness (QED) is 0.582. The summed E-state index contributed by atoms with van der Waals surface area (Å²) in [7, 11) is 1.54. The molecule has 1 atom stereocenters. The zero-order valence-corrected chi connectivity index (χ0v) is 17.9. The average molecular weight is 431 g/mol. The lowest BCUT2D eigenvalue weighted by molar-refractivity contribution is -0.121. The minimum Gasteiger partial charge on any atom is -0.341 e. The highest BCUT2D eigenvalue weighted by Crippen LogP contribution is 2.25. The van der Waals surface area contributed by atoms with E-state index in [1.807, 2.05) is 42.5 Å². The molecule has 164 valence electrons. The third-order valence-electron chi connectivity index (χ3n) is 5.71. The van der Waals surface area contributed by atoms with E-state index >= 15 is 0 Å². The fourth-order valence-electron chi connectivity index (χ4n) is 4.07. The summed E-state index contributed by atoms with van der Waals surface area (Å²) in [4.78, 5) is 39.5. The number of carbonyl (C=O) groups excluding carboxylic acids is 3. The van der Waals surface area contributed by atoms with Gasteiger partial charge in [0, 0.05) is 37.1 Å². The van der Waals surface area contributed by atoms with Crippen LogP contribution in [-0.2, 0) is 4.79 Å². The van der Waals surface area contributed by atoms with Gasteiger partial charge in [0.2, 0.25) is 5.91 Å². The van der Waals surface area contributed by atoms with E-state index in [9.17, 15) is 14.4 Å². The van der Waals surface area contributed by atoms with Crippen molar-refractivity contribution in [1.29, 1.82) is 0 Å². The molecule has 3 aromatic rings. The summed E-state index contributed by atoms with van der Waals surface area (Å²) in [5.74, 6) is -0.466. The molecular formula is C25H26N4O3. The lowest BCUT2D eigenvalue weighted by Crippen LogP contribution is -2.43. The Hall–Kier alpha value is -3.87. The molecule has 0 radical (unpaired) electrons. The highest BCUT2D eigenvalue weighted by molar-refractivity contribution is 6.07. The van der Waals surface area contributed by atoms with Gasteiger partial charge in [-0.15, -0.1) is 0 Å². The zero-order valence-electron chi connectivity index (χ0n) is 17.9. The predicted molar refractivity (Wildman–Crippen MR) is 126 cm³/mol. The average Bonchev–Trinajstić information content (AvgIpc) is 2.83. The first kappa shape index (κ1) is 21.4. The predicted octanol–water partition coefficient (Wildman–Crippen LogP) is 4.08. The molecule has 0 saturated carbocycles. The first-order chi connectivity index (χ1) is 15.5. The minimum absolute atomic E-state index is 0.0453. The fourth-order valence-corrected chi connectivity index (χ4v) is 4.07. The molecular weight excluding hydrogens is 404 g/mol. The van der Waals surface area contributed by atoms with Crippen LogP contribution < -0.4 is 16.0 Å². The maximum atomic E-state index is 13.3. The second kappa shape index (κ2) is 9.51. The Morgan fingerprint density at radius 3 is 2.44 bits per heavy atom. The van der Waals surface area contributed by atoms with Crippen molar-refractivity contribution in [1.82, 2.24) is 10.2 Å². The summed E-state index contributed by atoms with van der Waals surface area (Å²) in [6, 6.07) is 20.2. The van der Waals surface area contributed by atoms with E-state index in [0.717, 1.165) is 23.6 Å². The molecule has 0 spiro atoms. The summed E-state index contributed by atoms with van der Waals surface area (Å²) in [6.45, 7) is 1.02. The van der Waals surface area contributed by atoms with Crippen molar-refractivity contribution in [2.24, 2.45) is 5.92 Å². The second-order valence-corrected chi connectivity index (χ2v) is 7.89. The smallest absolute Gasteiger partial charge is 0.318 e. The molecule has 4 amide bonds. The monoisotopic (exact) mass is 430 g/mol. The van der Waals surface area contributed by atoms with E-state index < -0.39 is 0 Å². The van der Waals surface area contributed by atoms with E-state index in [1.165, 1.54) is 7.05 Å². The van der Waals surface area contributed by atoms with Crippen LogP contribution in [0.15, 0.2) is 66.7 Å². The third kappa shape index (κ3) is 4.72. The summed E-state index contributed by atoms with van der Waals surface area (Å²) in [5.41, 5.74) is 1.84. The number of benzene rings is 3. The maximum Gasteiger partial charge on any atom is 0.318 e. The van der Waals surface area contributed by atoms with Crippen LogP contribution in [0.2, 0.25) is 0 Å². The Morgan fingerprint density at radius 2 is 1.62 bits per heavy atom. The molecule has 1 heterocycles. The van der Waals surface area contributed by atoms with Gasteiger partial charge in [0.1, 0.15) is 0 Å². The molecule has 0 bridgehead atoms. The standard InChI is InChI=1S/C25H26N4O3/c1-26-25(32)28-20-11-5-10-19(15-20)27-23(30)18-9-6-14-29(16-18)24(31)22-13-4-8-17-7-2-3-12-21(17)22/h2-5,7-8,10-13,15,18H,6,9,14,16H2,1H3,(H,27,30)(H2,26,28,32). The van der Waals surface area contributed by atoms with Crippen LogP contribution in [0.4, 0.5) is 16.2 Å². The number of carbonyl (C=O) groups is 3. The summed E-state index contributed by atoms with van der Waals surface area (Å²) >= 11 is 0. The van der Waals surface area contributed by atoms with Gasteiger partial charge in [0.05, 0.1) is 5.92 Å². The van der Waals surface area contributed by atoms with Crippen molar-refractivity contribution in [2.45, 2.75) is 12.8 Å². The fraction of sp³-hybridized carbons (Fsp3) is 0.240. The van der Waals surface area contributed by atoms with Crippen LogP contribution in [0.5, 0.6) is 0 Å². The molecule has 3 N–H and O–H groups in total. The van der Waals surface area contributed by atoms with Crippen molar-refractivity contribution < 1.29 is 14.4 Å². The molecule has 7 nitrogen and oxygen atoms in total. The Balaban J connectivity index is 1.45. The van der Waals surface area contributed by atoms with Crippen molar-refractivity contribution in [3.8, 4) is 0 Å². The third-order valence-corrected chi connectivity index (χ3v) is 5.71. The largest absolute Gasteiger partial charge is 0.341 e.